The van der Waals surface area contributed by atoms with Crippen LogP contribution in [0.3, 0.4) is 0 Å². The van der Waals surface area contributed by atoms with E-state index in [0.717, 1.165) is 6.54 Å². The first kappa shape index (κ1) is 17.5. The first-order valence-corrected chi connectivity index (χ1v) is 10.9. The van der Waals surface area contributed by atoms with E-state index in [4.69, 9.17) is 0 Å². The Balaban J connectivity index is 1.65. The van der Waals surface area contributed by atoms with Crippen LogP contribution in [-0.2, 0) is 9.84 Å². The van der Waals surface area contributed by atoms with Gasteiger partial charge in [0.2, 0.25) is 0 Å². The lowest BCUT2D eigenvalue weighted by molar-refractivity contribution is 0.0292. The van der Waals surface area contributed by atoms with Crippen molar-refractivity contribution in [1.82, 2.24) is 19.2 Å². The number of imidazole rings is 1. The number of nitrogens with zero attached hydrogens (tertiary/aromatic N) is 4. The molecule has 2 aromatic rings. The molecule has 0 bridgehead atoms. The van der Waals surface area contributed by atoms with Crippen LogP contribution in [0.5, 0.6) is 0 Å². The molecule has 0 saturated carbocycles. The quantitative estimate of drug-likeness (QED) is 0.796. The summed E-state index contributed by atoms with van der Waals surface area (Å²) in [6, 6.07) is 5.18. The Morgan fingerprint density at radius 3 is 2.77 bits per heavy atom. The van der Waals surface area contributed by atoms with Gasteiger partial charge in [-0.1, -0.05) is 19.9 Å². The summed E-state index contributed by atoms with van der Waals surface area (Å²) in [6.07, 6.45) is 3.39. The summed E-state index contributed by atoms with van der Waals surface area (Å²) in [4.78, 5) is 21.5. The molecule has 2 saturated heterocycles. The second-order valence-corrected chi connectivity index (χ2v) is 9.83. The van der Waals surface area contributed by atoms with Gasteiger partial charge in [0.1, 0.15) is 11.3 Å². The molecule has 2 aliphatic rings. The van der Waals surface area contributed by atoms with Crippen LogP contribution in [0.2, 0.25) is 0 Å². The Kier molecular flexibility index (Phi) is 4.27. The van der Waals surface area contributed by atoms with Crippen LogP contribution in [0.25, 0.3) is 5.65 Å². The van der Waals surface area contributed by atoms with Crippen molar-refractivity contribution >= 4 is 21.4 Å². The maximum atomic E-state index is 13.2. The normalized spacial score (nSPS) is 25.7. The van der Waals surface area contributed by atoms with Gasteiger partial charge in [0.25, 0.3) is 5.91 Å². The molecule has 0 unspecified atom stereocenters. The van der Waals surface area contributed by atoms with Crippen molar-refractivity contribution in [3.05, 3.63) is 36.3 Å². The minimum absolute atomic E-state index is 0.0503. The van der Waals surface area contributed by atoms with Crippen LogP contribution in [0.1, 0.15) is 24.3 Å². The second kappa shape index (κ2) is 6.35. The highest BCUT2D eigenvalue weighted by atomic mass is 32.2. The Morgan fingerprint density at radius 2 is 2.00 bits per heavy atom. The molecule has 0 aromatic carbocycles. The number of sulfone groups is 1. The van der Waals surface area contributed by atoms with Gasteiger partial charge < -0.3 is 4.90 Å². The molecule has 2 aliphatic heterocycles. The fourth-order valence-electron chi connectivity index (χ4n) is 4.21. The summed E-state index contributed by atoms with van der Waals surface area (Å²) < 4.78 is 26.4. The lowest BCUT2D eigenvalue weighted by Crippen LogP contribution is -2.61. The number of fused-ring (bicyclic) bond motifs is 2. The van der Waals surface area contributed by atoms with E-state index in [0.29, 0.717) is 30.3 Å². The molecule has 0 N–H and O–H groups in total. The van der Waals surface area contributed by atoms with Gasteiger partial charge in [-0.05, 0) is 18.1 Å². The van der Waals surface area contributed by atoms with E-state index < -0.39 is 9.84 Å². The van der Waals surface area contributed by atoms with Gasteiger partial charge in [-0.3, -0.25) is 14.1 Å². The number of carbonyl (C=O) groups excluding carboxylic acids is 1. The van der Waals surface area contributed by atoms with E-state index in [-0.39, 0.29) is 29.5 Å². The molecule has 0 spiro atoms. The van der Waals surface area contributed by atoms with E-state index >= 15 is 0 Å². The van der Waals surface area contributed by atoms with Crippen LogP contribution in [0.15, 0.2) is 30.6 Å². The number of hydrogen-bond donors (Lipinski definition) is 0. The van der Waals surface area contributed by atoms with Crippen LogP contribution in [-0.4, -0.2) is 76.7 Å². The number of carbonyl (C=O) groups is 1. The summed E-state index contributed by atoms with van der Waals surface area (Å²) in [7, 11) is -3.13. The molecular weight excluding hydrogens is 352 g/mol. The van der Waals surface area contributed by atoms with Crippen LogP contribution in [0.4, 0.5) is 0 Å². The van der Waals surface area contributed by atoms with E-state index in [1.165, 1.54) is 0 Å². The Labute approximate surface area is 153 Å². The predicted molar refractivity (Wildman–Crippen MR) is 98.9 cm³/mol. The Hall–Kier alpha value is -1.93. The summed E-state index contributed by atoms with van der Waals surface area (Å²) >= 11 is 0. The molecule has 26 heavy (non-hydrogen) atoms. The van der Waals surface area contributed by atoms with Crippen molar-refractivity contribution in [2.24, 2.45) is 5.92 Å². The molecular formula is C18H24N4O3S. The average molecular weight is 376 g/mol. The lowest BCUT2D eigenvalue weighted by Gasteiger charge is -2.44. The van der Waals surface area contributed by atoms with Gasteiger partial charge in [-0.25, -0.2) is 13.4 Å². The van der Waals surface area contributed by atoms with Crippen LogP contribution in [0, 0.1) is 5.92 Å². The molecule has 2 aromatic heterocycles. The van der Waals surface area contributed by atoms with Crippen molar-refractivity contribution in [1.29, 1.82) is 0 Å². The van der Waals surface area contributed by atoms with Gasteiger partial charge in [0, 0.05) is 31.9 Å². The summed E-state index contributed by atoms with van der Waals surface area (Å²) in [6.45, 7) is 6.37. The topological polar surface area (TPSA) is 75.0 Å². The van der Waals surface area contributed by atoms with Crippen molar-refractivity contribution in [3.63, 3.8) is 0 Å². The second-order valence-electron chi connectivity index (χ2n) is 7.67. The van der Waals surface area contributed by atoms with Gasteiger partial charge in [-0.2, -0.15) is 0 Å². The third kappa shape index (κ3) is 3.01. The minimum atomic E-state index is -3.13. The van der Waals surface area contributed by atoms with Gasteiger partial charge >= 0.3 is 0 Å². The molecule has 7 nitrogen and oxygen atoms in total. The molecule has 1 amide bonds. The maximum absolute atomic E-state index is 13.2. The number of amides is 1. The highest BCUT2D eigenvalue weighted by Gasteiger charge is 2.48. The molecule has 140 valence electrons. The summed E-state index contributed by atoms with van der Waals surface area (Å²) in [5.74, 6) is 0.510. The standard InChI is InChI=1S/C18H24N4O3S/c1-13(2)10-20-7-8-22(16-12-26(24,25)11-15(16)20)18(23)14-9-19-17-5-3-4-6-21(14)17/h3-6,9,13,15-16H,7-8,10-12H2,1-2H3/t15-,16+/m1/s1. The zero-order chi connectivity index (χ0) is 18.5. The largest absolute Gasteiger partial charge is 0.330 e. The third-order valence-electron chi connectivity index (χ3n) is 5.29. The molecule has 2 atom stereocenters. The number of aromatic nitrogens is 2. The number of piperazine rings is 1. The Morgan fingerprint density at radius 1 is 1.23 bits per heavy atom. The fraction of sp³-hybridized carbons (Fsp3) is 0.556. The maximum Gasteiger partial charge on any atom is 0.272 e. The predicted octanol–water partition coefficient (Wildman–Crippen LogP) is 0.914. The smallest absolute Gasteiger partial charge is 0.272 e. The zero-order valence-electron chi connectivity index (χ0n) is 15.1. The highest BCUT2D eigenvalue weighted by Crippen LogP contribution is 2.29. The third-order valence-corrected chi connectivity index (χ3v) is 6.99. The molecule has 8 heteroatoms. The summed E-state index contributed by atoms with van der Waals surface area (Å²) in [5.41, 5.74) is 1.20. The Bertz CT molecular complexity index is 937. The molecule has 4 rings (SSSR count). The van der Waals surface area contributed by atoms with Gasteiger partial charge in [0.15, 0.2) is 9.84 Å². The van der Waals surface area contributed by atoms with E-state index in [1.54, 1.807) is 15.5 Å². The lowest BCUT2D eigenvalue weighted by atomic mass is 10.0. The van der Waals surface area contributed by atoms with Crippen LogP contribution < -0.4 is 0 Å². The van der Waals surface area contributed by atoms with Crippen molar-refractivity contribution in [3.8, 4) is 0 Å². The molecule has 2 fully saturated rings. The van der Waals surface area contributed by atoms with Gasteiger partial charge in [0.05, 0.1) is 23.7 Å². The average Bonchev–Trinajstić information content (AvgIpc) is 3.14. The summed E-state index contributed by atoms with van der Waals surface area (Å²) in [5, 5.41) is 0. The minimum Gasteiger partial charge on any atom is -0.330 e. The van der Waals surface area contributed by atoms with E-state index in [1.807, 2.05) is 24.4 Å². The van der Waals surface area contributed by atoms with Crippen molar-refractivity contribution < 1.29 is 13.2 Å². The molecule has 0 aliphatic carbocycles. The van der Waals surface area contributed by atoms with E-state index in [9.17, 15) is 13.2 Å². The molecule has 0 radical (unpaired) electrons. The first-order valence-electron chi connectivity index (χ1n) is 9.03. The van der Waals surface area contributed by atoms with Crippen LogP contribution >= 0.6 is 0 Å². The zero-order valence-corrected chi connectivity index (χ0v) is 15.9. The number of pyridine rings is 1. The highest BCUT2D eigenvalue weighted by molar-refractivity contribution is 7.91. The number of hydrogen-bond acceptors (Lipinski definition) is 5. The first-order chi connectivity index (χ1) is 12.4. The van der Waals surface area contributed by atoms with Crippen molar-refractivity contribution in [2.45, 2.75) is 25.9 Å². The fourth-order valence-corrected chi connectivity index (χ4v) is 6.22. The monoisotopic (exact) mass is 376 g/mol. The van der Waals surface area contributed by atoms with Crippen molar-refractivity contribution in [2.75, 3.05) is 31.1 Å². The van der Waals surface area contributed by atoms with Gasteiger partial charge in [-0.15, -0.1) is 0 Å². The SMILES string of the molecule is CC(C)CN1CCN(C(=O)c2cnc3ccccn23)[C@H]2CS(=O)(=O)C[C@H]21. The number of rotatable bonds is 3. The molecule has 4 heterocycles. The van der Waals surface area contributed by atoms with E-state index in [2.05, 4.69) is 23.7 Å².